The molecule has 5 nitrogen and oxygen atoms in total. The van der Waals surface area contributed by atoms with E-state index >= 15 is 0 Å². The standard InChI is InChI=1S/C31H34F6O5/c1-5-6-7-8-19-9-12-22(25(15-19)42-31(35,36)37)24-16-20-10-11-21(17-23(20)40-24)39-26-13-14-27(41-28(38)18(2)3)29(26,4)30(32,33)34/h9-12,15-18,26-27H,5-8,13-14H2,1-4H3. The van der Waals surface area contributed by atoms with Crippen molar-refractivity contribution in [1.82, 2.24) is 0 Å². The van der Waals surface area contributed by atoms with Crippen molar-refractivity contribution in [2.24, 2.45) is 11.3 Å². The minimum Gasteiger partial charge on any atom is -0.489 e. The van der Waals surface area contributed by atoms with Gasteiger partial charge in [0, 0.05) is 11.5 Å². The summed E-state index contributed by atoms with van der Waals surface area (Å²) in [6, 6.07) is 10.5. The Balaban J connectivity index is 1.62. The van der Waals surface area contributed by atoms with E-state index in [2.05, 4.69) is 4.74 Å². The van der Waals surface area contributed by atoms with E-state index in [1.54, 1.807) is 26.0 Å². The monoisotopic (exact) mass is 600 g/mol. The first-order chi connectivity index (χ1) is 19.6. The van der Waals surface area contributed by atoms with Crippen LogP contribution in [0.3, 0.4) is 0 Å². The first-order valence-electron chi connectivity index (χ1n) is 14.0. The van der Waals surface area contributed by atoms with Crippen LogP contribution in [-0.4, -0.2) is 30.7 Å². The van der Waals surface area contributed by atoms with Crippen LogP contribution in [0, 0.1) is 11.3 Å². The maximum absolute atomic E-state index is 14.3. The van der Waals surface area contributed by atoms with Gasteiger partial charge in [0.15, 0.2) is 0 Å². The van der Waals surface area contributed by atoms with Gasteiger partial charge in [-0.15, -0.1) is 13.2 Å². The van der Waals surface area contributed by atoms with Crippen molar-refractivity contribution in [3.63, 3.8) is 0 Å². The highest BCUT2D eigenvalue weighted by Gasteiger charge is 2.66. The van der Waals surface area contributed by atoms with Gasteiger partial charge in [-0.3, -0.25) is 4.79 Å². The number of unbranched alkanes of at least 4 members (excludes halogenated alkanes) is 2. The van der Waals surface area contributed by atoms with Gasteiger partial charge in [-0.1, -0.05) is 39.7 Å². The molecule has 0 aliphatic heterocycles. The Hall–Kier alpha value is -3.37. The Kier molecular flexibility index (Phi) is 9.08. The van der Waals surface area contributed by atoms with Crippen LogP contribution >= 0.6 is 0 Å². The van der Waals surface area contributed by atoms with Gasteiger partial charge >= 0.3 is 18.5 Å². The number of furan rings is 1. The number of carbonyl (C=O) groups is 1. The molecule has 3 atom stereocenters. The Morgan fingerprint density at radius 1 is 1.00 bits per heavy atom. The maximum atomic E-state index is 14.3. The predicted molar refractivity (Wildman–Crippen MR) is 144 cm³/mol. The highest BCUT2D eigenvalue weighted by molar-refractivity contribution is 5.85. The van der Waals surface area contributed by atoms with Crippen LogP contribution in [0.1, 0.15) is 65.4 Å². The van der Waals surface area contributed by atoms with Gasteiger partial charge in [-0.2, -0.15) is 13.2 Å². The molecule has 0 amide bonds. The molecule has 42 heavy (non-hydrogen) atoms. The number of fused-ring (bicyclic) bond motifs is 1. The van der Waals surface area contributed by atoms with Crippen LogP contribution in [-0.2, 0) is 16.0 Å². The van der Waals surface area contributed by atoms with Crippen molar-refractivity contribution >= 4 is 16.9 Å². The second kappa shape index (κ2) is 12.1. The topological polar surface area (TPSA) is 57.9 Å². The molecule has 3 aromatic rings. The Morgan fingerprint density at radius 3 is 2.36 bits per heavy atom. The molecule has 0 N–H and O–H groups in total. The average molecular weight is 601 g/mol. The summed E-state index contributed by atoms with van der Waals surface area (Å²) < 4.78 is 104. The van der Waals surface area contributed by atoms with Crippen molar-refractivity contribution in [2.45, 2.75) is 91.0 Å². The molecule has 1 aliphatic carbocycles. The van der Waals surface area contributed by atoms with Crippen LogP contribution in [0.4, 0.5) is 26.3 Å². The molecule has 2 aromatic carbocycles. The maximum Gasteiger partial charge on any atom is 0.573 e. The van der Waals surface area contributed by atoms with Crippen molar-refractivity contribution in [3.8, 4) is 22.8 Å². The van der Waals surface area contributed by atoms with Crippen LogP contribution in [0.5, 0.6) is 11.5 Å². The normalized spacial score (nSPS) is 21.2. The zero-order chi connectivity index (χ0) is 30.9. The first kappa shape index (κ1) is 31.6. The number of carbonyl (C=O) groups excluding carboxylic acids is 1. The number of esters is 1. The van der Waals surface area contributed by atoms with Crippen molar-refractivity contribution in [3.05, 3.63) is 48.0 Å². The molecule has 1 fully saturated rings. The van der Waals surface area contributed by atoms with Gasteiger partial charge in [-0.05, 0) is 68.5 Å². The van der Waals surface area contributed by atoms with E-state index in [4.69, 9.17) is 13.9 Å². The molecule has 0 saturated heterocycles. The smallest absolute Gasteiger partial charge is 0.489 e. The molecule has 0 bridgehead atoms. The summed E-state index contributed by atoms with van der Waals surface area (Å²) in [5, 5.41) is 0.510. The molecule has 0 radical (unpaired) electrons. The van der Waals surface area contributed by atoms with Gasteiger partial charge in [0.2, 0.25) is 0 Å². The van der Waals surface area contributed by atoms with E-state index in [9.17, 15) is 31.1 Å². The van der Waals surface area contributed by atoms with E-state index in [-0.39, 0.29) is 35.5 Å². The number of halogens is 6. The third-order valence-corrected chi connectivity index (χ3v) is 7.75. The fourth-order valence-corrected chi connectivity index (χ4v) is 5.21. The zero-order valence-corrected chi connectivity index (χ0v) is 23.8. The van der Waals surface area contributed by atoms with Crippen molar-refractivity contribution in [2.75, 3.05) is 0 Å². The zero-order valence-electron chi connectivity index (χ0n) is 23.8. The molecule has 1 saturated carbocycles. The van der Waals surface area contributed by atoms with Crippen molar-refractivity contribution < 1.29 is 49.8 Å². The molecule has 11 heteroatoms. The lowest BCUT2D eigenvalue weighted by molar-refractivity contribution is -0.274. The molecule has 1 aliphatic rings. The molecule has 0 spiro atoms. The fraction of sp³-hybridized carbons (Fsp3) is 0.516. The van der Waals surface area contributed by atoms with Gasteiger partial charge in [0.05, 0.1) is 11.5 Å². The first-order valence-corrected chi connectivity index (χ1v) is 14.0. The van der Waals surface area contributed by atoms with E-state index in [0.717, 1.165) is 26.2 Å². The summed E-state index contributed by atoms with van der Waals surface area (Å²) in [4.78, 5) is 12.1. The molecule has 1 heterocycles. The van der Waals surface area contributed by atoms with Gasteiger partial charge in [0.1, 0.15) is 40.5 Å². The second-order valence-corrected chi connectivity index (χ2v) is 11.2. The number of aryl methyl sites for hydroxylation is 1. The third-order valence-electron chi connectivity index (χ3n) is 7.75. The SMILES string of the molecule is CCCCCc1ccc(-c2cc3ccc(OC4CCC(OC(=O)C(C)C)C4(C)C(F)(F)F)cc3o2)c(OC(F)(F)F)c1. The summed E-state index contributed by atoms with van der Waals surface area (Å²) in [5.74, 6) is -1.53. The Morgan fingerprint density at radius 2 is 1.71 bits per heavy atom. The highest BCUT2D eigenvalue weighted by atomic mass is 19.4. The number of rotatable bonds is 10. The molecule has 4 rings (SSSR count). The van der Waals surface area contributed by atoms with E-state index in [0.29, 0.717) is 17.4 Å². The van der Waals surface area contributed by atoms with Gasteiger partial charge < -0.3 is 18.6 Å². The van der Waals surface area contributed by atoms with E-state index < -0.39 is 47.8 Å². The lowest BCUT2D eigenvalue weighted by atomic mass is 9.83. The molecular formula is C31H34F6O5. The minimum absolute atomic E-state index is 0.00373. The Bertz CT molecular complexity index is 1390. The number of hydrogen-bond acceptors (Lipinski definition) is 5. The molecule has 1 aromatic heterocycles. The van der Waals surface area contributed by atoms with Crippen molar-refractivity contribution in [1.29, 1.82) is 0 Å². The number of benzene rings is 2. The summed E-state index contributed by atoms with van der Waals surface area (Å²) in [6.45, 7) is 6.11. The van der Waals surface area contributed by atoms with Gasteiger partial charge in [-0.25, -0.2) is 0 Å². The number of hydrogen-bond donors (Lipinski definition) is 0. The van der Waals surface area contributed by atoms with Gasteiger partial charge in [0.25, 0.3) is 0 Å². The van der Waals surface area contributed by atoms with Crippen LogP contribution in [0.2, 0.25) is 0 Å². The highest BCUT2D eigenvalue weighted by Crippen LogP contribution is 2.53. The van der Waals surface area contributed by atoms with E-state index in [1.807, 2.05) is 6.92 Å². The molecule has 3 unspecified atom stereocenters. The summed E-state index contributed by atoms with van der Waals surface area (Å²) in [5.41, 5.74) is -1.47. The second-order valence-electron chi connectivity index (χ2n) is 11.2. The average Bonchev–Trinajstić information content (AvgIpc) is 3.44. The quantitative estimate of drug-likeness (QED) is 0.132. The lowest BCUT2D eigenvalue weighted by Gasteiger charge is -2.37. The lowest BCUT2D eigenvalue weighted by Crippen LogP contribution is -2.52. The molecule has 230 valence electrons. The summed E-state index contributed by atoms with van der Waals surface area (Å²) in [6.07, 6.45) is -9.10. The largest absolute Gasteiger partial charge is 0.573 e. The molecular weight excluding hydrogens is 566 g/mol. The predicted octanol–water partition coefficient (Wildman–Crippen LogP) is 9.41. The van der Waals surface area contributed by atoms with Crippen LogP contribution in [0.25, 0.3) is 22.3 Å². The third kappa shape index (κ3) is 6.81. The van der Waals surface area contributed by atoms with E-state index in [1.165, 1.54) is 30.3 Å². The Labute approximate surface area is 240 Å². The summed E-state index contributed by atoms with van der Waals surface area (Å²) in [7, 11) is 0. The minimum atomic E-state index is -4.92. The van der Waals surface area contributed by atoms with Crippen LogP contribution in [0.15, 0.2) is 46.9 Å². The fourth-order valence-electron chi connectivity index (χ4n) is 5.21. The number of alkyl halides is 6. The number of ether oxygens (including phenoxy) is 3. The van der Waals surface area contributed by atoms with Crippen LogP contribution < -0.4 is 9.47 Å². The summed E-state index contributed by atoms with van der Waals surface area (Å²) >= 11 is 0.